The van der Waals surface area contributed by atoms with Gasteiger partial charge in [-0.25, -0.2) is 16.8 Å². The van der Waals surface area contributed by atoms with E-state index in [1.807, 2.05) is 0 Å². The molecule has 2 aromatic carbocycles. The van der Waals surface area contributed by atoms with Crippen LogP contribution >= 0.6 is 11.6 Å². The third-order valence-electron chi connectivity index (χ3n) is 4.50. The second-order valence-corrected chi connectivity index (χ2v) is 10.6. The number of benzene rings is 2. The Labute approximate surface area is 170 Å². The molecule has 0 radical (unpaired) electrons. The van der Waals surface area contributed by atoms with Gasteiger partial charge in [-0.15, -0.1) is 0 Å². The molecule has 3 rings (SSSR count). The molecule has 0 saturated carbocycles. The van der Waals surface area contributed by atoms with Crippen LogP contribution in [0.3, 0.4) is 0 Å². The van der Waals surface area contributed by atoms with Crippen molar-refractivity contribution in [1.29, 1.82) is 0 Å². The molecule has 0 unspecified atom stereocenters. The maximum atomic E-state index is 13.0. The lowest BCUT2D eigenvalue weighted by molar-refractivity contribution is 0.417. The zero-order valence-electron chi connectivity index (χ0n) is 15.5. The number of hydrogen-bond donors (Lipinski definition) is 1. The number of anilines is 2. The molecule has 1 saturated heterocycles. The molecule has 28 heavy (non-hydrogen) atoms. The second kappa shape index (κ2) is 7.81. The number of hydrogen-bond acceptors (Lipinski definition) is 5. The van der Waals surface area contributed by atoms with E-state index >= 15 is 0 Å². The Hall–Kier alpha value is -1.97. The van der Waals surface area contributed by atoms with Gasteiger partial charge in [0.2, 0.25) is 10.0 Å². The highest BCUT2D eigenvalue weighted by atomic mass is 35.5. The van der Waals surface area contributed by atoms with Crippen molar-refractivity contribution in [2.45, 2.75) is 24.7 Å². The fourth-order valence-electron chi connectivity index (χ4n) is 3.07. The minimum absolute atomic E-state index is 0.00666. The molecular weight excluding hydrogens is 424 g/mol. The topological polar surface area (TPSA) is 92.8 Å². The van der Waals surface area contributed by atoms with Crippen LogP contribution in [0.5, 0.6) is 5.75 Å². The number of aryl methyl sites for hydroxylation is 1. The van der Waals surface area contributed by atoms with Gasteiger partial charge in [-0.2, -0.15) is 0 Å². The van der Waals surface area contributed by atoms with E-state index in [0.29, 0.717) is 35.0 Å². The summed E-state index contributed by atoms with van der Waals surface area (Å²) < 4.78 is 59.7. The van der Waals surface area contributed by atoms with Crippen molar-refractivity contribution in [3.05, 3.63) is 47.0 Å². The fraction of sp³-hybridized carbons (Fsp3) is 0.333. The molecule has 7 nitrogen and oxygen atoms in total. The normalized spacial score (nSPS) is 16.6. The summed E-state index contributed by atoms with van der Waals surface area (Å²) in [6.07, 6.45) is 1.33. The monoisotopic (exact) mass is 444 g/mol. The maximum Gasteiger partial charge on any atom is 0.262 e. The molecule has 0 aliphatic carbocycles. The van der Waals surface area contributed by atoms with Crippen molar-refractivity contribution in [3.8, 4) is 5.75 Å². The molecule has 1 fully saturated rings. The summed E-state index contributed by atoms with van der Waals surface area (Å²) in [7, 11) is -6.02. The molecule has 0 aromatic heterocycles. The van der Waals surface area contributed by atoms with E-state index in [-0.39, 0.29) is 16.3 Å². The van der Waals surface area contributed by atoms with Crippen molar-refractivity contribution >= 4 is 43.0 Å². The van der Waals surface area contributed by atoms with Crippen molar-refractivity contribution in [2.75, 3.05) is 28.4 Å². The number of sulfonamides is 2. The largest absolute Gasteiger partial charge is 0.495 e. The summed E-state index contributed by atoms with van der Waals surface area (Å²) in [6, 6.07) is 9.21. The Bertz CT molecular complexity index is 1100. The minimum atomic E-state index is -4.00. The van der Waals surface area contributed by atoms with Crippen LogP contribution in [0.1, 0.15) is 18.4 Å². The molecule has 0 atom stereocenters. The van der Waals surface area contributed by atoms with Gasteiger partial charge in [0.05, 0.1) is 29.1 Å². The molecule has 0 spiro atoms. The van der Waals surface area contributed by atoms with E-state index in [2.05, 4.69) is 4.72 Å². The highest BCUT2D eigenvalue weighted by molar-refractivity contribution is 7.93. The molecule has 1 aliphatic heterocycles. The molecule has 0 bridgehead atoms. The molecule has 1 N–H and O–H groups in total. The molecule has 2 aromatic rings. The van der Waals surface area contributed by atoms with E-state index in [1.165, 1.54) is 23.5 Å². The zero-order chi connectivity index (χ0) is 20.5. The minimum Gasteiger partial charge on any atom is -0.495 e. The first-order valence-electron chi connectivity index (χ1n) is 8.61. The van der Waals surface area contributed by atoms with Gasteiger partial charge in [-0.05, 0) is 55.7 Å². The van der Waals surface area contributed by atoms with Gasteiger partial charge in [0.15, 0.2) is 0 Å². The summed E-state index contributed by atoms with van der Waals surface area (Å²) in [4.78, 5) is -0.00666. The number of nitrogens with zero attached hydrogens (tertiary/aromatic N) is 1. The van der Waals surface area contributed by atoms with Crippen LogP contribution in [0, 0.1) is 6.92 Å². The molecule has 0 amide bonds. The second-order valence-electron chi connectivity index (χ2n) is 6.50. The number of ether oxygens (including phenoxy) is 1. The van der Waals surface area contributed by atoms with Crippen LogP contribution in [0.15, 0.2) is 41.3 Å². The quantitative estimate of drug-likeness (QED) is 0.763. The number of nitrogens with one attached hydrogen (secondary N) is 1. The van der Waals surface area contributed by atoms with E-state index < -0.39 is 20.0 Å². The Morgan fingerprint density at radius 1 is 1.14 bits per heavy atom. The first-order chi connectivity index (χ1) is 13.1. The van der Waals surface area contributed by atoms with Crippen molar-refractivity contribution < 1.29 is 21.6 Å². The van der Waals surface area contributed by atoms with E-state index in [0.717, 1.165) is 6.42 Å². The Balaban J connectivity index is 2.02. The first kappa shape index (κ1) is 20.8. The summed E-state index contributed by atoms with van der Waals surface area (Å²) in [5.74, 6) is 0.376. The fourth-order valence-corrected chi connectivity index (χ4v) is 6.20. The van der Waals surface area contributed by atoms with Crippen LogP contribution < -0.4 is 13.8 Å². The number of halogens is 1. The van der Waals surface area contributed by atoms with Crippen LogP contribution in [-0.4, -0.2) is 36.2 Å². The van der Waals surface area contributed by atoms with Crippen molar-refractivity contribution in [3.63, 3.8) is 0 Å². The van der Waals surface area contributed by atoms with Crippen molar-refractivity contribution in [2.24, 2.45) is 0 Å². The highest BCUT2D eigenvalue weighted by Gasteiger charge is 2.28. The Morgan fingerprint density at radius 3 is 2.57 bits per heavy atom. The van der Waals surface area contributed by atoms with Gasteiger partial charge in [0.1, 0.15) is 5.75 Å². The predicted octanol–water partition coefficient (Wildman–Crippen LogP) is 3.39. The third kappa shape index (κ3) is 4.21. The summed E-state index contributed by atoms with van der Waals surface area (Å²) in [6.45, 7) is 1.98. The lowest BCUT2D eigenvalue weighted by Gasteiger charge is -2.28. The van der Waals surface area contributed by atoms with Crippen molar-refractivity contribution in [1.82, 2.24) is 0 Å². The van der Waals surface area contributed by atoms with E-state index in [9.17, 15) is 16.8 Å². The predicted molar refractivity (Wildman–Crippen MR) is 110 cm³/mol. The third-order valence-corrected chi connectivity index (χ3v) is 8.12. The molecular formula is C18H21ClN2O5S2. The molecule has 10 heteroatoms. The van der Waals surface area contributed by atoms with Crippen LogP contribution in [0.4, 0.5) is 11.4 Å². The van der Waals surface area contributed by atoms with Crippen LogP contribution in [0.2, 0.25) is 5.02 Å². The first-order valence-corrected chi connectivity index (χ1v) is 12.1. The highest BCUT2D eigenvalue weighted by Crippen LogP contribution is 2.32. The summed E-state index contributed by atoms with van der Waals surface area (Å²) >= 11 is 5.97. The van der Waals surface area contributed by atoms with E-state index in [1.54, 1.807) is 31.2 Å². The van der Waals surface area contributed by atoms with E-state index in [4.69, 9.17) is 16.3 Å². The lowest BCUT2D eigenvalue weighted by Crippen LogP contribution is -2.38. The van der Waals surface area contributed by atoms with Gasteiger partial charge < -0.3 is 4.74 Å². The standard InChI is InChI=1S/C18H21ClN2O5S2/c1-13-5-7-15(21-9-3-4-10-27(21,22)23)12-18(13)28(24,25)20-16-11-14(19)6-8-17(16)26-2/h5-8,11-12,20H,3-4,9-10H2,1-2H3. The Kier molecular flexibility index (Phi) is 5.79. The molecule has 152 valence electrons. The summed E-state index contributed by atoms with van der Waals surface area (Å²) in [5, 5.41) is 0.350. The van der Waals surface area contributed by atoms with Gasteiger partial charge in [-0.1, -0.05) is 17.7 Å². The maximum absolute atomic E-state index is 13.0. The molecule has 1 heterocycles. The van der Waals surface area contributed by atoms with Gasteiger partial charge in [0.25, 0.3) is 10.0 Å². The van der Waals surface area contributed by atoms with Gasteiger partial charge in [-0.3, -0.25) is 9.03 Å². The lowest BCUT2D eigenvalue weighted by atomic mass is 10.2. The average Bonchev–Trinajstić information content (AvgIpc) is 2.62. The van der Waals surface area contributed by atoms with Gasteiger partial charge in [0, 0.05) is 11.6 Å². The van der Waals surface area contributed by atoms with Crippen LogP contribution in [0.25, 0.3) is 0 Å². The van der Waals surface area contributed by atoms with Gasteiger partial charge >= 0.3 is 0 Å². The number of rotatable bonds is 5. The number of methoxy groups -OCH3 is 1. The average molecular weight is 445 g/mol. The zero-order valence-corrected chi connectivity index (χ0v) is 17.9. The Morgan fingerprint density at radius 2 is 1.89 bits per heavy atom. The SMILES string of the molecule is COc1ccc(Cl)cc1NS(=O)(=O)c1cc(N2CCCCS2(=O)=O)ccc1C. The summed E-state index contributed by atoms with van der Waals surface area (Å²) in [5.41, 5.74) is 1.03. The van der Waals surface area contributed by atoms with Crippen LogP contribution in [-0.2, 0) is 20.0 Å². The smallest absolute Gasteiger partial charge is 0.262 e. The molecule has 1 aliphatic rings.